The smallest absolute Gasteiger partial charge is 0.251 e. The van der Waals surface area contributed by atoms with Gasteiger partial charge in [0.25, 0.3) is 5.91 Å². The summed E-state index contributed by atoms with van der Waals surface area (Å²) < 4.78 is 32.3. The molecule has 3 rings (SSSR count). The highest BCUT2D eigenvalue weighted by Crippen LogP contribution is 2.16. The van der Waals surface area contributed by atoms with Gasteiger partial charge in [-0.15, -0.1) is 0 Å². The van der Waals surface area contributed by atoms with Crippen LogP contribution in [0.4, 0.5) is 0 Å². The van der Waals surface area contributed by atoms with Gasteiger partial charge in [0.1, 0.15) is 5.76 Å². The number of likely N-dealkylation sites (tertiary alicyclic amines) is 1. The minimum atomic E-state index is -3.66. The van der Waals surface area contributed by atoms with Gasteiger partial charge in [-0.05, 0) is 69.1 Å². The normalized spacial score (nSPS) is 17.9. The first-order valence-electron chi connectivity index (χ1n) is 10.1. The Morgan fingerprint density at radius 3 is 2.69 bits per heavy atom. The Labute approximate surface area is 172 Å². The first-order valence-corrected chi connectivity index (χ1v) is 11.6. The molecular weight excluding hydrogens is 390 g/mol. The van der Waals surface area contributed by atoms with Crippen molar-refractivity contribution in [3.8, 4) is 0 Å². The molecule has 8 heteroatoms. The third-order valence-corrected chi connectivity index (χ3v) is 6.71. The summed E-state index contributed by atoms with van der Waals surface area (Å²) in [5.41, 5.74) is 0.446. The van der Waals surface area contributed by atoms with E-state index >= 15 is 0 Å². The molecule has 0 radical (unpaired) electrons. The number of benzene rings is 1. The van der Waals surface area contributed by atoms with Gasteiger partial charge in [-0.3, -0.25) is 4.79 Å². The molecule has 1 aliphatic rings. The Balaban J connectivity index is 1.45. The molecule has 1 fully saturated rings. The second kappa shape index (κ2) is 10.0. The lowest BCUT2D eigenvalue weighted by atomic mass is 10.0. The summed E-state index contributed by atoms with van der Waals surface area (Å²) >= 11 is 0. The fourth-order valence-electron chi connectivity index (χ4n) is 3.52. The van der Waals surface area contributed by atoms with Gasteiger partial charge in [-0.2, -0.15) is 0 Å². The zero-order chi connectivity index (χ0) is 20.7. The molecule has 0 aliphatic carbocycles. The van der Waals surface area contributed by atoms with Crippen LogP contribution in [0.25, 0.3) is 0 Å². The number of nitrogens with zero attached hydrogens (tertiary/aromatic N) is 1. The van der Waals surface area contributed by atoms with E-state index in [9.17, 15) is 13.2 Å². The van der Waals surface area contributed by atoms with E-state index in [1.165, 1.54) is 49.8 Å². The highest BCUT2D eigenvalue weighted by atomic mass is 32.2. The van der Waals surface area contributed by atoms with E-state index in [-0.39, 0.29) is 17.3 Å². The minimum Gasteiger partial charge on any atom is -0.468 e. The highest BCUT2D eigenvalue weighted by Gasteiger charge is 2.18. The summed E-state index contributed by atoms with van der Waals surface area (Å²) in [7, 11) is -3.66. The average Bonchev–Trinajstić information content (AvgIpc) is 3.25. The molecule has 2 aromatic rings. The number of hydrogen-bond donors (Lipinski definition) is 2. The van der Waals surface area contributed by atoms with Gasteiger partial charge in [0.15, 0.2) is 0 Å². The Bertz CT molecular complexity index is 879. The van der Waals surface area contributed by atoms with Gasteiger partial charge in [0, 0.05) is 24.7 Å². The molecule has 0 spiro atoms. The molecule has 0 saturated carbocycles. The fourth-order valence-corrected chi connectivity index (χ4v) is 4.52. The summed E-state index contributed by atoms with van der Waals surface area (Å²) in [6.45, 7) is 5.07. The summed E-state index contributed by atoms with van der Waals surface area (Å²) in [4.78, 5) is 14.9. The minimum absolute atomic E-state index is 0.0766. The van der Waals surface area contributed by atoms with Crippen LogP contribution in [0.5, 0.6) is 0 Å². The predicted molar refractivity (Wildman–Crippen MR) is 111 cm³/mol. The van der Waals surface area contributed by atoms with Gasteiger partial charge in [-0.1, -0.05) is 6.42 Å². The van der Waals surface area contributed by atoms with Crippen molar-refractivity contribution in [2.24, 2.45) is 0 Å². The van der Waals surface area contributed by atoms with E-state index in [1.54, 1.807) is 12.1 Å². The molecule has 158 valence electrons. The van der Waals surface area contributed by atoms with Crippen molar-refractivity contribution in [3.63, 3.8) is 0 Å². The number of amides is 1. The fraction of sp³-hybridized carbons (Fsp3) is 0.476. The van der Waals surface area contributed by atoms with Crippen LogP contribution in [0.15, 0.2) is 52.0 Å². The monoisotopic (exact) mass is 419 g/mol. The van der Waals surface area contributed by atoms with Crippen molar-refractivity contribution in [1.29, 1.82) is 0 Å². The van der Waals surface area contributed by atoms with Crippen molar-refractivity contribution in [2.45, 2.75) is 50.1 Å². The maximum Gasteiger partial charge on any atom is 0.251 e. The van der Waals surface area contributed by atoms with Crippen LogP contribution >= 0.6 is 0 Å². The molecule has 0 unspecified atom stereocenters. The van der Waals surface area contributed by atoms with Crippen molar-refractivity contribution in [1.82, 2.24) is 14.9 Å². The van der Waals surface area contributed by atoms with E-state index < -0.39 is 10.0 Å². The third-order valence-electron chi connectivity index (χ3n) is 5.29. The lowest BCUT2D eigenvalue weighted by molar-refractivity contribution is 0.0948. The van der Waals surface area contributed by atoms with Gasteiger partial charge in [0.05, 0.1) is 17.7 Å². The number of hydrogen-bond acceptors (Lipinski definition) is 5. The third kappa shape index (κ3) is 6.16. The van der Waals surface area contributed by atoms with Crippen molar-refractivity contribution in [3.05, 3.63) is 54.0 Å². The SMILES string of the molecule is C[C@H]1CCCCN1CCCNC(=O)c1ccc(S(=O)(=O)NCc2ccco2)cc1. The molecule has 1 amide bonds. The first-order chi connectivity index (χ1) is 14.0. The van der Waals surface area contributed by atoms with Crippen LogP contribution < -0.4 is 10.0 Å². The maximum absolute atomic E-state index is 12.3. The first kappa shape index (κ1) is 21.5. The summed E-state index contributed by atoms with van der Waals surface area (Å²) in [5.74, 6) is 0.340. The van der Waals surface area contributed by atoms with E-state index in [2.05, 4.69) is 21.9 Å². The topological polar surface area (TPSA) is 91.7 Å². The lowest BCUT2D eigenvalue weighted by Gasteiger charge is -2.33. The largest absolute Gasteiger partial charge is 0.468 e. The second-order valence-electron chi connectivity index (χ2n) is 7.42. The van der Waals surface area contributed by atoms with Crippen molar-refractivity contribution < 1.29 is 17.6 Å². The Hall–Kier alpha value is -2.16. The van der Waals surface area contributed by atoms with Crippen LogP contribution in [0, 0.1) is 0 Å². The molecule has 29 heavy (non-hydrogen) atoms. The summed E-state index contributed by atoms with van der Waals surface area (Å²) in [5, 5.41) is 2.91. The number of piperidine rings is 1. The van der Waals surface area contributed by atoms with E-state index in [0.29, 0.717) is 23.9 Å². The Kier molecular flexibility index (Phi) is 7.46. The van der Waals surface area contributed by atoms with Gasteiger partial charge < -0.3 is 14.6 Å². The molecule has 1 aliphatic heterocycles. The molecule has 7 nitrogen and oxygen atoms in total. The van der Waals surface area contributed by atoms with Crippen molar-refractivity contribution >= 4 is 15.9 Å². The standard InChI is InChI=1S/C21H29N3O4S/c1-17-6-2-3-13-24(17)14-5-12-22-21(25)18-8-10-20(11-9-18)29(26,27)23-16-19-7-4-15-28-19/h4,7-11,15,17,23H,2-3,5-6,12-14,16H2,1H3,(H,22,25)/t17-/m0/s1. The molecule has 1 atom stereocenters. The molecule has 1 aromatic carbocycles. The number of nitrogens with one attached hydrogen (secondary N) is 2. The maximum atomic E-state index is 12.3. The quantitative estimate of drug-likeness (QED) is 0.610. The predicted octanol–water partition coefficient (Wildman–Crippen LogP) is 2.75. The van der Waals surface area contributed by atoms with Crippen LogP contribution in [-0.2, 0) is 16.6 Å². The number of carbonyl (C=O) groups excluding carboxylic acids is 1. The molecule has 1 aromatic heterocycles. The number of carbonyl (C=O) groups is 1. The van der Waals surface area contributed by atoms with E-state index in [4.69, 9.17) is 4.42 Å². The van der Waals surface area contributed by atoms with Gasteiger partial charge in [-0.25, -0.2) is 13.1 Å². The van der Waals surface area contributed by atoms with Crippen molar-refractivity contribution in [2.75, 3.05) is 19.6 Å². The van der Waals surface area contributed by atoms with Gasteiger partial charge in [0.2, 0.25) is 10.0 Å². The Morgan fingerprint density at radius 1 is 1.21 bits per heavy atom. The molecule has 0 bridgehead atoms. The molecular formula is C21H29N3O4S. The summed E-state index contributed by atoms with van der Waals surface area (Å²) in [6.07, 6.45) is 6.20. The number of furan rings is 1. The second-order valence-corrected chi connectivity index (χ2v) is 9.19. The highest BCUT2D eigenvalue weighted by molar-refractivity contribution is 7.89. The summed E-state index contributed by atoms with van der Waals surface area (Å²) in [6, 6.07) is 9.96. The lowest BCUT2D eigenvalue weighted by Crippen LogP contribution is -2.39. The van der Waals surface area contributed by atoms with E-state index in [1.807, 2.05) is 0 Å². The molecule has 2 heterocycles. The van der Waals surface area contributed by atoms with E-state index in [0.717, 1.165) is 19.5 Å². The number of rotatable bonds is 9. The van der Waals surface area contributed by atoms with Crippen LogP contribution in [0.2, 0.25) is 0 Å². The van der Waals surface area contributed by atoms with Crippen LogP contribution in [0.3, 0.4) is 0 Å². The number of sulfonamides is 1. The average molecular weight is 420 g/mol. The Morgan fingerprint density at radius 2 is 2.00 bits per heavy atom. The van der Waals surface area contributed by atoms with Crippen LogP contribution in [-0.4, -0.2) is 44.9 Å². The molecule has 1 saturated heterocycles. The molecule has 2 N–H and O–H groups in total. The zero-order valence-corrected chi connectivity index (χ0v) is 17.6. The zero-order valence-electron chi connectivity index (χ0n) is 16.8. The van der Waals surface area contributed by atoms with Crippen LogP contribution in [0.1, 0.15) is 48.7 Å². The van der Waals surface area contributed by atoms with Gasteiger partial charge >= 0.3 is 0 Å².